The van der Waals surface area contributed by atoms with Crippen LogP contribution in [0.15, 0.2) is 12.2 Å². The van der Waals surface area contributed by atoms with E-state index in [0.717, 1.165) is 6.42 Å². The van der Waals surface area contributed by atoms with E-state index in [-0.39, 0.29) is 41.9 Å². The highest BCUT2D eigenvalue weighted by Crippen LogP contribution is 2.66. The lowest BCUT2D eigenvalue weighted by atomic mass is 9.51. The largest absolute Gasteiger partial charge is 0.462 e. The van der Waals surface area contributed by atoms with Gasteiger partial charge in [0.1, 0.15) is 12.2 Å². The molecule has 6 heteroatoms. The number of epoxide rings is 1. The van der Waals surface area contributed by atoms with Gasteiger partial charge in [-0.15, -0.1) is 0 Å². The molecule has 0 aromatic rings. The standard InChI is InChI=1S/C21H30O6/c1-6-10(2)7-16(23)25-14-8-12-11(3)19(24)26-17(12)18-20(14,4)13(22)9-15-21(18,5)27-15/h10,12-15,17-18,22H,3,6-9H2,1-2,4-5H3/t10-,12-,13-,14+,15+,17-,18+,20+,21+/m0/s1. The molecule has 0 amide bonds. The number of hydrogen-bond donors (Lipinski definition) is 1. The first kappa shape index (κ1) is 18.9. The number of aliphatic hydroxyl groups excluding tert-OH is 1. The zero-order chi connectivity index (χ0) is 19.7. The molecule has 0 spiro atoms. The number of aliphatic hydroxyl groups is 1. The SMILES string of the molecule is C=C1C(=O)O[C@H]2[C@H]1C[C@@H](OC(=O)C[C@@H](C)CC)[C@@]1(C)[C@@H](O)C[C@H]3O[C@@]3(C)[C@H]21. The van der Waals surface area contributed by atoms with Crippen molar-refractivity contribution in [2.45, 2.75) is 83.4 Å². The molecule has 1 N–H and O–H groups in total. The molecule has 27 heavy (non-hydrogen) atoms. The van der Waals surface area contributed by atoms with E-state index in [4.69, 9.17) is 14.2 Å². The predicted molar refractivity (Wildman–Crippen MR) is 96.6 cm³/mol. The number of carbonyl (C=O) groups excluding carboxylic acids is 2. The molecular formula is C21H30O6. The Morgan fingerprint density at radius 3 is 2.78 bits per heavy atom. The first-order valence-electron chi connectivity index (χ1n) is 10.1. The molecule has 150 valence electrons. The Morgan fingerprint density at radius 1 is 1.41 bits per heavy atom. The molecule has 4 fully saturated rings. The van der Waals surface area contributed by atoms with Gasteiger partial charge in [-0.25, -0.2) is 4.79 Å². The summed E-state index contributed by atoms with van der Waals surface area (Å²) in [4.78, 5) is 24.8. The summed E-state index contributed by atoms with van der Waals surface area (Å²) in [5.74, 6) is -0.834. The zero-order valence-electron chi connectivity index (χ0n) is 16.6. The summed E-state index contributed by atoms with van der Waals surface area (Å²) in [6, 6.07) is 0. The third-order valence-corrected chi connectivity index (χ3v) is 7.75. The van der Waals surface area contributed by atoms with Crippen molar-refractivity contribution in [2.24, 2.45) is 23.2 Å². The molecular weight excluding hydrogens is 348 g/mol. The van der Waals surface area contributed by atoms with Crippen molar-refractivity contribution in [1.29, 1.82) is 0 Å². The van der Waals surface area contributed by atoms with Gasteiger partial charge in [0.05, 0.1) is 17.8 Å². The van der Waals surface area contributed by atoms with Crippen LogP contribution in [-0.2, 0) is 23.8 Å². The number of ether oxygens (including phenoxy) is 3. The summed E-state index contributed by atoms with van der Waals surface area (Å²) >= 11 is 0. The maximum atomic E-state index is 12.6. The molecule has 4 aliphatic rings. The monoisotopic (exact) mass is 378 g/mol. The van der Waals surface area contributed by atoms with Crippen LogP contribution in [0.4, 0.5) is 0 Å². The lowest BCUT2D eigenvalue weighted by molar-refractivity contribution is -0.211. The predicted octanol–water partition coefficient (Wildman–Crippen LogP) is 2.38. The minimum Gasteiger partial charge on any atom is -0.462 e. The van der Waals surface area contributed by atoms with Crippen LogP contribution in [0, 0.1) is 23.2 Å². The molecule has 0 aromatic carbocycles. The zero-order valence-corrected chi connectivity index (χ0v) is 16.6. The van der Waals surface area contributed by atoms with Crippen molar-refractivity contribution >= 4 is 11.9 Å². The summed E-state index contributed by atoms with van der Waals surface area (Å²) in [7, 11) is 0. The van der Waals surface area contributed by atoms with Crippen LogP contribution in [0.2, 0.25) is 0 Å². The summed E-state index contributed by atoms with van der Waals surface area (Å²) in [5, 5.41) is 11.0. The van der Waals surface area contributed by atoms with Crippen LogP contribution in [0.5, 0.6) is 0 Å². The van der Waals surface area contributed by atoms with E-state index in [2.05, 4.69) is 6.58 Å². The maximum Gasteiger partial charge on any atom is 0.334 e. The highest BCUT2D eigenvalue weighted by molar-refractivity contribution is 5.91. The highest BCUT2D eigenvalue weighted by Gasteiger charge is 2.76. The van der Waals surface area contributed by atoms with Crippen LogP contribution in [0.25, 0.3) is 0 Å². The molecule has 4 rings (SSSR count). The molecule has 0 bridgehead atoms. The van der Waals surface area contributed by atoms with E-state index < -0.39 is 23.2 Å². The van der Waals surface area contributed by atoms with Crippen LogP contribution < -0.4 is 0 Å². The van der Waals surface area contributed by atoms with Gasteiger partial charge in [0.15, 0.2) is 0 Å². The minimum absolute atomic E-state index is 0.0478. The van der Waals surface area contributed by atoms with E-state index in [1.807, 2.05) is 27.7 Å². The Bertz CT molecular complexity index is 688. The number of hydrogen-bond acceptors (Lipinski definition) is 6. The number of rotatable bonds is 4. The average molecular weight is 378 g/mol. The fourth-order valence-electron chi connectivity index (χ4n) is 5.71. The van der Waals surface area contributed by atoms with Crippen molar-refractivity contribution in [2.75, 3.05) is 0 Å². The first-order chi connectivity index (χ1) is 12.6. The smallest absolute Gasteiger partial charge is 0.334 e. The normalized spacial score (nSPS) is 48.8. The van der Waals surface area contributed by atoms with Crippen LogP contribution >= 0.6 is 0 Å². The fourth-order valence-corrected chi connectivity index (χ4v) is 5.71. The van der Waals surface area contributed by atoms with Crippen molar-refractivity contribution in [1.82, 2.24) is 0 Å². The molecule has 2 aliphatic heterocycles. The molecule has 0 aromatic heterocycles. The Hall–Kier alpha value is -1.40. The van der Waals surface area contributed by atoms with Gasteiger partial charge in [-0.3, -0.25) is 4.79 Å². The molecule has 2 aliphatic carbocycles. The minimum atomic E-state index is -0.723. The third-order valence-electron chi connectivity index (χ3n) is 7.75. The van der Waals surface area contributed by atoms with Crippen molar-refractivity contribution in [3.05, 3.63) is 12.2 Å². The van der Waals surface area contributed by atoms with Crippen LogP contribution in [0.3, 0.4) is 0 Å². The first-order valence-corrected chi connectivity index (χ1v) is 10.1. The van der Waals surface area contributed by atoms with E-state index in [9.17, 15) is 14.7 Å². The van der Waals surface area contributed by atoms with Gasteiger partial charge in [0, 0.05) is 35.7 Å². The Balaban J connectivity index is 1.67. The summed E-state index contributed by atoms with van der Waals surface area (Å²) in [6.45, 7) is 12.0. The maximum absolute atomic E-state index is 12.6. The number of esters is 2. The fraction of sp³-hybridized carbons (Fsp3) is 0.810. The van der Waals surface area contributed by atoms with Gasteiger partial charge in [0.2, 0.25) is 0 Å². The topological polar surface area (TPSA) is 85.4 Å². The Morgan fingerprint density at radius 2 is 2.11 bits per heavy atom. The molecule has 2 heterocycles. The molecule has 9 atom stereocenters. The van der Waals surface area contributed by atoms with E-state index in [1.54, 1.807) is 0 Å². The summed E-state index contributed by atoms with van der Waals surface area (Å²) in [6.07, 6.45) is 0.602. The summed E-state index contributed by atoms with van der Waals surface area (Å²) < 4.78 is 17.6. The number of carbonyl (C=O) groups is 2. The lowest BCUT2D eigenvalue weighted by Crippen LogP contribution is -2.65. The quantitative estimate of drug-likeness (QED) is 0.459. The molecule has 0 radical (unpaired) electrons. The second-order valence-electron chi connectivity index (χ2n) is 9.32. The van der Waals surface area contributed by atoms with Gasteiger partial charge in [-0.05, 0) is 19.3 Å². The Kier molecular flexibility index (Phi) is 4.24. The van der Waals surface area contributed by atoms with Gasteiger partial charge >= 0.3 is 11.9 Å². The molecule has 2 saturated carbocycles. The third kappa shape index (κ3) is 2.59. The van der Waals surface area contributed by atoms with Crippen LogP contribution in [-0.4, -0.2) is 47.1 Å². The second-order valence-corrected chi connectivity index (χ2v) is 9.32. The van der Waals surface area contributed by atoms with Gasteiger partial charge in [-0.2, -0.15) is 0 Å². The highest BCUT2D eigenvalue weighted by atomic mass is 16.6. The van der Waals surface area contributed by atoms with E-state index in [1.165, 1.54) is 0 Å². The van der Waals surface area contributed by atoms with E-state index in [0.29, 0.717) is 24.8 Å². The van der Waals surface area contributed by atoms with Crippen LogP contribution in [0.1, 0.15) is 53.4 Å². The molecule has 2 saturated heterocycles. The van der Waals surface area contributed by atoms with Crippen molar-refractivity contribution in [3.8, 4) is 0 Å². The van der Waals surface area contributed by atoms with Crippen molar-refractivity contribution in [3.63, 3.8) is 0 Å². The Labute approximate surface area is 160 Å². The molecule has 6 nitrogen and oxygen atoms in total. The van der Waals surface area contributed by atoms with Gasteiger partial charge < -0.3 is 19.3 Å². The average Bonchev–Trinajstić information content (AvgIpc) is 3.17. The second kappa shape index (κ2) is 6.05. The van der Waals surface area contributed by atoms with E-state index >= 15 is 0 Å². The lowest BCUT2D eigenvalue weighted by Gasteiger charge is -2.55. The molecule has 0 unspecified atom stereocenters. The van der Waals surface area contributed by atoms with Gasteiger partial charge in [0.25, 0.3) is 0 Å². The van der Waals surface area contributed by atoms with Crippen molar-refractivity contribution < 1.29 is 28.9 Å². The number of fused-ring (bicyclic) bond motifs is 5. The van der Waals surface area contributed by atoms with Gasteiger partial charge in [-0.1, -0.05) is 33.8 Å². The summed E-state index contributed by atoms with van der Waals surface area (Å²) in [5.41, 5.74) is -0.756.